The molecular formula is C13H17ClN2O. The number of nitrogens with zero attached hydrogens (tertiary/aromatic N) is 1. The minimum absolute atomic E-state index is 0.124. The number of pyridine rings is 1. The van der Waals surface area contributed by atoms with E-state index in [1.807, 2.05) is 26.8 Å². The molecule has 0 fully saturated rings. The fourth-order valence-corrected chi connectivity index (χ4v) is 1.54. The van der Waals surface area contributed by atoms with Gasteiger partial charge < -0.3 is 5.32 Å². The predicted molar refractivity (Wildman–Crippen MR) is 70.4 cm³/mol. The molecule has 1 aromatic rings. The Bertz CT molecular complexity index is 437. The van der Waals surface area contributed by atoms with Gasteiger partial charge in [0.15, 0.2) is 0 Å². The maximum absolute atomic E-state index is 11.8. The highest BCUT2D eigenvalue weighted by Crippen LogP contribution is 2.11. The van der Waals surface area contributed by atoms with Gasteiger partial charge in [0.25, 0.3) is 5.91 Å². The zero-order valence-electron chi connectivity index (χ0n) is 10.4. The van der Waals surface area contributed by atoms with Crippen LogP contribution < -0.4 is 5.32 Å². The van der Waals surface area contributed by atoms with Gasteiger partial charge in [-0.1, -0.05) is 30.2 Å². The first-order chi connectivity index (χ1) is 8.02. The molecule has 3 nitrogen and oxygen atoms in total. The highest BCUT2D eigenvalue weighted by molar-refractivity contribution is 6.29. The van der Waals surface area contributed by atoms with E-state index in [0.717, 1.165) is 12.1 Å². The third-order valence-corrected chi connectivity index (χ3v) is 2.44. The molecule has 0 bridgehead atoms. The lowest BCUT2D eigenvalue weighted by atomic mass is 10.2. The summed E-state index contributed by atoms with van der Waals surface area (Å²) < 4.78 is 0. The molecule has 0 saturated carbocycles. The number of hydrogen-bond acceptors (Lipinski definition) is 2. The van der Waals surface area contributed by atoms with E-state index in [9.17, 15) is 4.79 Å². The molecule has 1 aromatic heterocycles. The molecule has 17 heavy (non-hydrogen) atoms. The molecule has 1 amide bonds. The number of amides is 1. The summed E-state index contributed by atoms with van der Waals surface area (Å²) in [5, 5.41) is 3.17. The molecule has 1 N–H and O–H groups in total. The number of rotatable bonds is 4. The molecular weight excluding hydrogens is 236 g/mol. The molecule has 0 saturated heterocycles. The molecule has 1 heterocycles. The lowest BCUT2D eigenvalue weighted by Crippen LogP contribution is -2.23. The van der Waals surface area contributed by atoms with E-state index >= 15 is 0 Å². The van der Waals surface area contributed by atoms with Crippen LogP contribution in [0.4, 0.5) is 0 Å². The molecule has 92 valence electrons. The van der Waals surface area contributed by atoms with Crippen LogP contribution in [0.2, 0.25) is 5.15 Å². The number of nitrogens with one attached hydrogen (secondary N) is 1. The molecule has 0 aliphatic rings. The van der Waals surface area contributed by atoms with Gasteiger partial charge in [0.2, 0.25) is 0 Å². The monoisotopic (exact) mass is 252 g/mol. The number of carbonyl (C=O) groups is 1. The Hall–Kier alpha value is -1.35. The van der Waals surface area contributed by atoms with E-state index in [1.165, 1.54) is 5.57 Å². The maximum Gasteiger partial charge on any atom is 0.251 e. The second kappa shape index (κ2) is 6.40. The summed E-state index contributed by atoms with van der Waals surface area (Å²) in [6, 6.07) is 3.35. The van der Waals surface area contributed by atoms with Gasteiger partial charge >= 0.3 is 0 Å². The summed E-state index contributed by atoms with van der Waals surface area (Å²) in [6.45, 7) is 6.49. The van der Waals surface area contributed by atoms with Gasteiger partial charge in [-0.2, -0.15) is 0 Å². The van der Waals surface area contributed by atoms with Crippen molar-refractivity contribution in [2.45, 2.75) is 27.2 Å². The van der Waals surface area contributed by atoms with Crippen molar-refractivity contribution >= 4 is 17.5 Å². The zero-order chi connectivity index (χ0) is 12.8. The molecule has 0 radical (unpaired) electrons. The van der Waals surface area contributed by atoms with Crippen LogP contribution in [0.25, 0.3) is 0 Å². The minimum Gasteiger partial charge on any atom is -0.349 e. The highest BCUT2D eigenvalue weighted by atomic mass is 35.5. The highest BCUT2D eigenvalue weighted by Gasteiger charge is 2.07. The smallest absolute Gasteiger partial charge is 0.251 e. The Morgan fingerprint density at radius 2 is 2.18 bits per heavy atom. The van der Waals surface area contributed by atoms with E-state index in [-0.39, 0.29) is 5.91 Å². The Balaban J connectivity index is 2.75. The number of halogens is 1. The van der Waals surface area contributed by atoms with Gasteiger partial charge in [-0.15, -0.1) is 0 Å². The molecule has 0 aromatic carbocycles. The van der Waals surface area contributed by atoms with Crippen molar-refractivity contribution in [1.29, 1.82) is 0 Å². The Morgan fingerprint density at radius 3 is 2.76 bits per heavy atom. The van der Waals surface area contributed by atoms with E-state index < -0.39 is 0 Å². The number of allylic oxidation sites excluding steroid dienone is 1. The molecule has 0 aliphatic carbocycles. The molecule has 0 unspecified atom stereocenters. The fraction of sp³-hybridized carbons (Fsp3) is 0.385. The number of hydrogen-bond donors (Lipinski definition) is 1. The van der Waals surface area contributed by atoms with Gasteiger partial charge in [-0.3, -0.25) is 4.79 Å². The normalized spacial score (nSPS) is 9.88. The summed E-state index contributed by atoms with van der Waals surface area (Å²) in [7, 11) is 0. The quantitative estimate of drug-likeness (QED) is 0.661. The van der Waals surface area contributed by atoms with Crippen LogP contribution in [0, 0.1) is 0 Å². The first kappa shape index (κ1) is 13.7. The minimum atomic E-state index is -0.124. The summed E-state index contributed by atoms with van der Waals surface area (Å²) in [5.74, 6) is -0.124. The molecule has 0 aliphatic heterocycles. The third kappa shape index (κ3) is 4.57. The Labute approximate surface area is 107 Å². The van der Waals surface area contributed by atoms with E-state index in [1.54, 1.807) is 12.1 Å². The lowest BCUT2D eigenvalue weighted by Gasteiger charge is -2.05. The van der Waals surface area contributed by atoms with Gasteiger partial charge in [-0.25, -0.2) is 4.98 Å². The molecule has 4 heteroatoms. The topological polar surface area (TPSA) is 42.0 Å². The molecule has 0 atom stereocenters. The Morgan fingerprint density at radius 1 is 1.47 bits per heavy atom. The van der Waals surface area contributed by atoms with E-state index in [0.29, 0.717) is 17.3 Å². The van der Waals surface area contributed by atoms with E-state index in [4.69, 9.17) is 11.6 Å². The van der Waals surface area contributed by atoms with Gasteiger partial charge in [0, 0.05) is 17.8 Å². The summed E-state index contributed by atoms with van der Waals surface area (Å²) in [5.41, 5.74) is 2.56. The average molecular weight is 253 g/mol. The van der Waals surface area contributed by atoms with Gasteiger partial charge in [0.05, 0.1) is 0 Å². The van der Waals surface area contributed by atoms with Crippen LogP contribution in [-0.4, -0.2) is 17.4 Å². The number of aryl methyl sites for hydroxylation is 1. The van der Waals surface area contributed by atoms with Crippen LogP contribution in [-0.2, 0) is 6.42 Å². The van der Waals surface area contributed by atoms with Crippen molar-refractivity contribution in [3.63, 3.8) is 0 Å². The lowest BCUT2D eigenvalue weighted by molar-refractivity contribution is 0.0957. The SMILES string of the molecule is CCc1cc(C(=O)NCC=C(C)C)cc(Cl)n1. The van der Waals surface area contributed by atoms with Crippen LogP contribution in [0.15, 0.2) is 23.8 Å². The van der Waals surface area contributed by atoms with Crippen LogP contribution in [0.1, 0.15) is 36.8 Å². The van der Waals surface area contributed by atoms with Crippen LogP contribution >= 0.6 is 11.6 Å². The van der Waals surface area contributed by atoms with Crippen LogP contribution in [0.3, 0.4) is 0 Å². The first-order valence-electron chi connectivity index (χ1n) is 5.61. The van der Waals surface area contributed by atoms with Gasteiger partial charge in [0.1, 0.15) is 5.15 Å². The molecule has 0 spiro atoms. The predicted octanol–water partition coefficient (Wildman–Crippen LogP) is 2.99. The number of carbonyl (C=O) groups excluding carboxylic acids is 1. The second-order valence-corrected chi connectivity index (χ2v) is 4.40. The van der Waals surface area contributed by atoms with Crippen molar-refractivity contribution in [3.05, 3.63) is 40.2 Å². The number of aromatic nitrogens is 1. The fourth-order valence-electron chi connectivity index (χ4n) is 1.31. The van der Waals surface area contributed by atoms with Crippen molar-refractivity contribution in [1.82, 2.24) is 10.3 Å². The molecule has 1 rings (SSSR count). The standard InChI is InChI=1S/C13H17ClN2O/c1-4-11-7-10(8-12(14)16-11)13(17)15-6-5-9(2)3/h5,7-8H,4,6H2,1-3H3,(H,15,17). The van der Waals surface area contributed by atoms with Crippen molar-refractivity contribution in [2.24, 2.45) is 0 Å². The maximum atomic E-state index is 11.8. The summed E-state index contributed by atoms with van der Waals surface area (Å²) >= 11 is 5.85. The second-order valence-electron chi connectivity index (χ2n) is 4.01. The van der Waals surface area contributed by atoms with Gasteiger partial charge in [-0.05, 0) is 32.4 Å². The zero-order valence-corrected chi connectivity index (χ0v) is 11.1. The summed E-state index contributed by atoms with van der Waals surface area (Å²) in [6.07, 6.45) is 2.72. The van der Waals surface area contributed by atoms with Crippen LogP contribution in [0.5, 0.6) is 0 Å². The third-order valence-electron chi connectivity index (χ3n) is 2.24. The van der Waals surface area contributed by atoms with Crippen molar-refractivity contribution in [3.8, 4) is 0 Å². The van der Waals surface area contributed by atoms with Crippen molar-refractivity contribution in [2.75, 3.05) is 6.54 Å². The van der Waals surface area contributed by atoms with E-state index in [2.05, 4.69) is 10.3 Å². The Kier molecular flexibility index (Phi) is 5.16. The van der Waals surface area contributed by atoms with Crippen molar-refractivity contribution < 1.29 is 4.79 Å². The average Bonchev–Trinajstić information content (AvgIpc) is 2.27. The largest absolute Gasteiger partial charge is 0.349 e. The summed E-state index contributed by atoms with van der Waals surface area (Å²) in [4.78, 5) is 15.9. The first-order valence-corrected chi connectivity index (χ1v) is 5.98.